The van der Waals surface area contributed by atoms with Gasteiger partial charge in [-0.2, -0.15) is 18.3 Å². The number of thiophene rings is 1. The number of pyridine rings is 1. The average molecular weight is 341 g/mol. The second-order valence-corrected chi connectivity index (χ2v) is 5.26. The molecule has 23 heavy (non-hydrogen) atoms. The number of nitrogens with zero attached hydrogens (tertiary/aromatic N) is 2. The molecule has 9 heteroatoms. The Morgan fingerprint density at radius 3 is 2.61 bits per heavy atom. The van der Waals surface area contributed by atoms with Crippen LogP contribution >= 0.6 is 11.3 Å². The minimum atomic E-state index is -4.95. The molecular weight excluding hydrogens is 331 g/mol. The number of aromatic nitrogens is 1. The molecule has 1 N–H and O–H groups in total. The van der Waals surface area contributed by atoms with Crippen molar-refractivity contribution in [3.8, 4) is 0 Å². The third kappa shape index (κ3) is 4.71. The van der Waals surface area contributed by atoms with Crippen molar-refractivity contribution in [1.82, 2.24) is 10.4 Å². The Labute approximate surface area is 132 Å². The summed E-state index contributed by atoms with van der Waals surface area (Å²) in [6.45, 7) is 0. The van der Waals surface area contributed by atoms with Crippen LogP contribution in [0.2, 0.25) is 0 Å². The van der Waals surface area contributed by atoms with Gasteiger partial charge < -0.3 is 0 Å². The molecule has 0 aliphatic carbocycles. The maximum absolute atomic E-state index is 12.4. The van der Waals surface area contributed by atoms with Crippen molar-refractivity contribution in [2.75, 3.05) is 0 Å². The molecule has 1 amide bonds. The Balaban J connectivity index is 2.17. The van der Waals surface area contributed by atoms with Crippen LogP contribution in [0.4, 0.5) is 13.2 Å². The Morgan fingerprint density at radius 1 is 1.26 bits per heavy atom. The van der Waals surface area contributed by atoms with E-state index < -0.39 is 24.3 Å². The van der Waals surface area contributed by atoms with Crippen LogP contribution in [0.3, 0.4) is 0 Å². The van der Waals surface area contributed by atoms with Crippen LogP contribution in [0.5, 0.6) is 0 Å². The van der Waals surface area contributed by atoms with Gasteiger partial charge in [0.15, 0.2) is 0 Å². The molecule has 0 bridgehead atoms. The van der Waals surface area contributed by atoms with E-state index in [9.17, 15) is 22.8 Å². The number of hydrogen-bond acceptors (Lipinski definition) is 5. The number of rotatable bonds is 5. The monoisotopic (exact) mass is 341 g/mol. The summed E-state index contributed by atoms with van der Waals surface area (Å²) in [6, 6.07) is 6.13. The molecule has 5 nitrogen and oxygen atoms in total. The molecule has 2 rings (SSSR count). The van der Waals surface area contributed by atoms with Gasteiger partial charge in [-0.3, -0.25) is 14.6 Å². The van der Waals surface area contributed by atoms with Gasteiger partial charge >= 0.3 is 6.18 Å². The third-order valence-electron chi connectivity index (χ3n) is 2.67. The number of hydrogen-bond donors (Lipinski definition) is 1. The standard InChI is InChI=1S/C14H10F3N3O2S/c15-14(16,17)12(21)7-10(11-4-2-6-23-11)19-20-13(22)9-3-1-5-18-8-9/h1-6,8H,7H2,(H,20,22)/b19-10-. The van der Waals surface area contributed by atoms with Gasteiger partial charge in [-0.15, -0.1) is 11.3 Å². The number of Topliss-reactive ketones (excluding diaryl/α,β-unsaturated/α-hetero) is 1. The molecule has 0 atom stereocenters. The number of hydrazone groups is 1. The summed E-state index contributed by atoms with van der Waals surface area (Å²) in [5.74, 6) is -2.56. The molecule has 0 saturated heterocycles. The molecule has 0 fully saturated rings. The zero-order valence-corrected chi connectivity index (χ0v) is 12.3. The lowest BCUT2D eigenvalue weighted by molar-refractivity contribution is -0.169. The molecular formula is C14H10F3N3O2S. The zero-order chi connectivity index (χ0) is 16.9. The van der Waals surface area contributed by atoms with Crippen molar-refractivity contribution in [2.24, 2.45) is 5.10 Å². The second kappa shape index (κ2) is 7.14. The summed E-state index contributed by atoms with van der Waals surface area (Å²) in [5, 5.41) is 5.31. The number of carbonyl (C=O) groups excluding carboxylic acids is 2. The van der Waals surface area contributed by atoms with Crippen molar-refractivity contribution in [3.63, 3.8) is 0 Å². The quantitative estimate of drug-likeness (QED) is 0.671. The van der Waals surface area contributed by atoms with Crippen LogP contribution in [0.15, 0.2) is 47.1 Å². The maximum Gasteiger partial charge on any atom is 0.450 e. The van der Waals surface area contributed by atoms with E-state index in [1.54, 1.807) is 11.4 Å². The molecule has 0 aromatic carbocycles. The Bertz CT molecular complexity index is 713. The van der Waals surface area contributed by atoms with Crippen molar-refractivity contribution >= 4 is 28.7 Å². The lowest BCUT2D eigenvalue weighted by atomic mass is 10.1. The van der Waals surface area contributed by atoms with E-state index in [0.29, 0.717) is 4.88 Å². The molecule has 2 aromatic heterocycles. The molecule has 120 valence electrons. The number of ketones is 1. The first-order valence-corrected chi connectivity index (χ1v) is 7.16. The van der Waals surface area contributed by atoms with Gasteiger partial charge in [0, 0.05) is 12.4 Å². The van der Waals surface area contributed by atoms with E-state index >= 15 is 0 Å². The molecule has 0 unspecified atom stereocenters. The SMILES string of the molecule is O=C(N/N=C(/CC(=O)C(F)(F)F)c1cccs1)c1cccnc1. The van der Waals surface area contributed by atoms with E-state index in [1.165, 1.54) is 30.6 Å². The first kappa shape index (κ1) is 16.8. The summed E-state index contributed by atoms with van der Waals surface area (Å²) in [5.41, 5.74) is 2.19. The first-order valence-electron chi connectivity index (χ1n) is 6.29. The van der Waals surface area contributed by atoms with Crippen LogP contribution in [0, 0.1) is 0 Å². The predicted molar refractivity (Wildman–Crippen MR) is 78.2 cm³/mol. The lowest BCUT2D eigenvalue weighted by Gasteiger charge is -2.07. The number of nitrogens with one attached hydrogen (secondary N) is 1. The fourth-order valence-electron chi connectivity index (χ4n) is 1.56. The molecule has 2 aromatic rings. The van der Waals surface area contributed by atoms with Crippen LogP contribution in [-0.2, 0) is 4.79 Å². The van der Waals surface area contributed by atoms with Crippen LogP contribution < -0.4 is 5.43 Å². The molecule has 0 radical (unpaired) electrons. The highest BCUT2D eigenvalue weighted by atomic mass is 32.1. The fraction of sp³-hybridized carbons (Fsp3) is 0.143. The van der Waals surface area contributed by atoms with E-state index in [2.05, 4.69) is 15.5 Å². The number of carbonyl (C=O) groups is 2. The normalized spacial score (nSPS) is 12.0. The van der Waals surface area contributed by atoms with Crippen molar-refractivity contribution in [3.05, 3.63) is 52.5 Å². The van der Waals surface area contributed by atoms with E-state index in [0.717, 1.165) is 11.3 Å². The minimum absolute atomic E-state index is 0.153. The predicted octanol–water partition coefficient (Wildman–Crippen LogP) is 2.80. The number of alkyl halides is 3. The van der Waals surface area contributed by atoms with Crippen LogP contribution in [0.1, 0.15) is 21.7 Å². The highest BCUT2D eigenvalue weighted by molar-refractivity contribution is 7.12. The number of halogens is 3. The Hall–Kier alpha value is -2.55. The second-order valence-electron chi connectivity index (χ2n) is 4.32. The van der Waals surface area contributed by atoms with Crippen molar-refractivity contribution < 1.29 is 22.8 Å². The third-order valence-corrected chi connectivity index (χ3v) is 3.58. The van der Waals surface area contributed by atoms with Gasteiger partial charge in [0.25, 0.3) is 5.91 Å². The van der Waals surface area contributed by atoms with E-state index in [-0.39, 0.29) is 11.3 Å². The molecule has 2 heterocycles. The first-order chi connectivity index (χ1) is 10.9. The van der Waals surface area contributed by atoms with Gasteiger partial charge in [0.05, 0.1) is 22.6 Å². The van der Waals surface area contributed by atoms with Gasteiger partial charge in [0.1, 0.15) is 0 Å². The van der Waals surface area contributed by atoms with Crippen molar-refractivity contribution in [2.45, 2.75) is 12.6 Å². The topological polar surface area (TPSA) is 71.4 Å². The highest BCUT2D eigenvalue weighted by Gasteiger charge is 2.38. The van der Waals surface area contributed by atoms with Gasteiger partial charge in [-0.25, -0.2) is 5.43 Å². The Morgan fingerprint density at radius 2 is 2.04 bits per heavy atom. The van der Waals surface area contributed by atoms with Crippen LogP contribution in [-0.4, -0.2) is 28.6 Å². The van der Waals surface area contributed by atoms with Crippen LogP contribution in [0.25, 0.3) is 0 Å². The smallest absolute Gasteiger partial charge is 0.289 e. The number of amides is 1. The summed E-state index contributed by atoms with van der Waals surface area (Å²) < 4.78 is 37.3. The summed E-state index contributed by atoms with van der Waals surface area (Å²) >= 11 is 1.12. The molecule has 0 spiro atoms. The summed E-state index contributed by atoms with van der Waals surface area (Å²) in [7, 11) is 0. The van der Waals surface area contributed by atoms with Gasteiger partial charge in [0.2, 0.25) is 5.78 Å². The maximum atomic E-state index is 12.4. The summed E-state index contributed by atoms with van der Waals surface area (Å²) in [6.07, 6.45) is -3.14. The fourth-order valence-corrected chi connectivity index (χ4v) is 2.27. The van der Waals surface area contributed by atoms with E-state index in [4.69, 9.17) is 0 Å². The Kier molecular flexibility index (Phi) is 5.22. The summed E-state index contributed by atoms with van der Waals surface area (Å²) in [4.78, 5) is 27.1. The minimum Gasteiger partial charge on any atom is -0.289 e. The van der Waals surface area contributed by atoms with Crippen molar-refractivity contribution in [1.29, 1.82) is 0 Å². The highest BCUT2D eigenvalue weighted by Crippen LogP contribution is 2.21. The molecule has 0 aliphatic rings. The largest absolute Gasteiger partial charge is 0.450 e. The molecule has 0 saturated carbocycles. The zero-order valence-electron chi connectivity index (χ0n) is 11.5. The van der Waals surface area contributed by atoms with Gasteiger partial charge in [-0.1, -0.05) is 6.07 Å². The molecule has 0 aliphatic heterocycles. The lowest BCUT2D eigenvalue weighted by Crippen LogP contribution is -2.27. The van der Waals surface area contributed by atoms with Gasteiger partial charge in [-0.05, 0) is 23.6 Å². The van der Waals surface area contributed by atoms with E-state index in [1.807, 2.05) is 0 Å². The average Bonchev–Trinajstić information content (AvgIpc) is 3.05.